The summed E-state index contributed by atoms with van der Waals surface area (Å²) in [4.78, 5) is 22.2. The van der Waals surface area contributed by atoms with Crippen LogP contribution in [0.2, 0.25) is 0 Å². The van der Waals surface area contributed by atoms with Crippen molar-refractivity contribution in [2.24, 2.45) is 0 Å². The third-order valence-corrected chi connectivity index (χ3v) is 5.59. The SMILES string of the molecule is C=CC(=O)N1CC(n2cc(-c3cc4cc(C)cc(OC)c4o3)c3c(N)ncnc32)C1. The van der Waals surface area contributed by atoms with Crippen LogP contribution in [0, 0.1) is 6.92 Å². The first-order chi connectivity index (χ1) is 14.5. The highest BCUT2D eigenvalue weighted by Crippen LogP contribution is 2.40. The number of nitrogens with two attached hydrogens (primary N) is 1. The van der Waals surface area contributed by atoms with Crippen LogP contribution >= 0.6 is 0 Å². The number of hydrogen-bond donors (Lipinski definition) is 1. The van der Waals surface area contributed by atoms with Crippen molar-refractivity contribution in [3.63, 3.8) is 0 Å². The Kier molecular flexibility index (Phi) is 4.02. The predicted octanol–water partition coefficient (Wildman–Crippen LogP) is 3.31. The molecular formula is C22H21N5O3. The van der Waals surface area contributed by atoms with Gasteiger partial charge in [0.2, 0.25) is 5.91 Å². The van der Waals surface area contributed by atoms with Gasteiger partial charge < -0.3 is 24.4 Å². The Hall–Kier alpha value is -3.81. The monoisotopic (exact) mass is 403 g/mol. The summed E-state index contributed by atoms with van der Waals surface area (Å²) >= 11 is 0. The first kappa shape index (κ1) is 18.2. The topological polar surface area (TPSA) is 99.4 Å². The number of furan rings is 1. The molecule has 1 aliphatic rings. The highest BCUT2D eigenvalue weighted by Gasteiger charge is 2.33. The zero-order valence-corrected chi connectivity index (χ0v) is 16.8. The maximum absolute atomic E-state index is 11.8. The number of nitrogens with zero attached hydrogens (tertiary/aromatic N) is 4. The number of carbonyl (C=O) groups excluding carboxylic acids is 1. The molecule has 8 heteroatoms. The van der Waals surface area contributed by atoms with E-state index < -0.39 is 0 Å². The molecule has 0 saturated carbocycles. The summed E-state index contributed by atoms with van der Waals surface area (Å²) in [6.45, 7) is 6.74. The molecule has 0 radical (unpaired) electrons. The van der Waals surface area contributed by atoms with E-state index in [-0.39, 0.29) is 11.9 Å². The van der Waals surface area contributed by atoms with Crippen LogP contribution in [0.1, 0.15) is 11.6 Å². The quantitative estimate of drug-likeness (QED) is 0.525. The van der Waals surface area contributed by atoms with Gasteiger partial charge in [0, 0.05) is 30.2 Å². The van der Waals surface area contributed by atoms with Crippen LogP contribution in [0.3, 0.4) is 0 Å². The van der Waals surface area contributed by atoms with Crippen LogP contribution in [-0.4, -0.2) is 45.5 Å². The summed E-state index contributed by atoms with van der Waals surface area (Å²) in [7, 11) is 1.63. The van der Waals surface area contributed by atoms with Gasteiger partial charge in [0.05, 0.1) is 18.5 Å². The highest BCUT2D eigenvalue weighted by molar-refractivity contribution is 6.01. The van der Waals surface area contributed by atoms with Crippen molar-refractivity contribution < 1.29 is 13.9 Å². The van der Waals surface area contributed by atoms with Crippen molar-refractivity contribution in [1.29, 1.82) is 0 Å². The fourth-order valence-electron chi connectivity index (χ4n) is 4.06. The van der Waals surface area contributed by atoms with Crippen molar-refractivity contribution in [2.75, 3.05) is 25.9 Å². The third kappa shape index (κ3) is 2.64. The second-order valence-corrected chi connectivity index (χ2v) is 7.50. The lowest BCUT2D eigenvalue weighted by Gasteiger charge is -2.39. The van der Waals surface area contributed by atoms with E-state index in [4.69, 9.17) is 14.9 Å². The Labute approximate surface area is 172 Å². The maximum atomic E-state index is 11.8. The first-order valence-electron chi connectivity index (χ1n) is 9.61. The molecule has 0 bridgehead atoms. The van der Waals surface area contributed by atoms with E-state index in [9.17, 15) is 4.79 Å². The summed E-state index contributed by atoms with van der Waals surface area (Å²) in [5, 5.41) is 1.69. The van der Waals surface area contributed by atoms with E-state index in [1.165, 1.54) is 12.4 Å². The predicted molar refractivity (Wildman–Crippen MR) is 114 cm³/mol. The molecule has 0 unspecified atom stereocenters. The molecule has 1 amide bonds. The van der Waals surface area contributed by atoms with Gasteiger partial charge >= 0.3 is 0 Å². The van der Waals surface area contributed by atoms with Crippen LogP contribution in [-0.2, 0) is 4.79 Å². The molecule has 30 heavy (non-hydrogen) atoms. The van der Waals surface area contributed by atoms with Gasteiger partial charge in [-0.2, -0.15) is 0 Å². The second-order valence-electron chi connectivity index (χ2n) is 7.50. The minimum atomic E-state index is -0.0724. The van der Waals surface area contributed by atoms with E-state index in [2.05, 4.69) is 22.6 Å². The van der Waals surface area contributed by atoms with Gasteiger partial charge in [-0.05, 0) is 36.8 Å². The number of aromatic nitrogens is 3. The van der Waals surface area contributed by atoms with Gasteiger partial charge in [-0.25, -0.2) is 9.97 Å². The molecule has 4 heterocycles. The maximum Gasteiger partial charge on any atom is 0.246 e. The number of likely N-dealkylation sites (tertiary alicyclic amines) is 1. The summed E-state index contributed by atoms with van der Waals surface area (Å²) < 4.78 is 13.7. The number of methoxy groups -OCH3 is 1. The largest absolute Gasteiger partial charge is 0.493 e. The fourth-order valence-corrected chi connectivity index (χ4v) is 4.06. The molecule has 1 aromatic carbocycles. The number of hydrogen-bond acceptors (Lipinski definition) is 6. The first-order valence-corrected chi connectivity index (χ1v) is 9.61. The molecule has 3 aromatic heterocycles. The Morgan fingerprint density at radius 1 is 1.33 bits per heavy atom. The van der Waals surface area contributed by atoms with Crippen molar-refractivity contribution in [3.8, 4) is 17.1 Å². The lowest BCUT2D eigenvalue weighted by molar-refractivity contribution is -0.131. The molecule has 4 aromatic rings. The molecule has 1 saturated heterocycles. The van der Waals surface area contributed by atoms with Gasteiger partial charge in [0.15, 0.2) is 11.3 Å². The van der Waals surface area contributed by atoms with Crippen molar-refractivity contribution in [1.82, 2.24) is 19.4 Å². The van der Waals surface area contributed by atoms with E-state index in [1.54, 1.807) is 12.0 Å². The molecule has 0 spiro atoms. The highest BCUT2D eigenvalue weighted by atomic mass is 16.5. The van der Waals surface area contributed by atoms with Gasteiger partial charge in [-0.3, -0.25) is 4.79 Å². The Morgan fingerprint density at radius 2 is 2.13 bits per heavy atom. The second kappa shape index (κ2) is 6.62. The van der Waals surface area contributed by atoms with Crippen LogP contribution in [0.15, 0.2) is 47.8 Å². The molecule has 0 atom stereocenters. The summed E-state index contributed by atoms with van der Waals surface area (Å²) in [5.41, 5.74) is 9.53. The molecular weight excluding hydrogens is 382 g/mol. The number of ether oxygens (including phenoxy) is 1. The minimum Gasteiger partial charge on any atom is -0.493 e. The van der Waals surface area contributed by atoms with Crippen LogP contribution < -0.4 is 10.5 Å². The standard InChI is InChI=1S/C22H21N5O3/c1-4-18(28)26-8-14(9-26)27-10-15(19-21(23)24-11-25-22(19)27)16-7-13-5-12(2)6-17(29-3)20(13)30-16/h4-7,10-11,14H,1,8-9H2,2-3H3,(H2,23,24,25). The average molecular weight is 403 g/mol. The molecule has 1 aliphatic heterocycles. The number of amides is 1. The lowest BCUT2D eigenvalue weighted by atomic mass is 10.1. The van der Waals surface area contributed by atoms with Crippen LogP contribution in [0.5, 0.6) is 5.75 Å². The average Bonchev–Trinajstić information content (AvgIpc) is 3.28. The van der Waals surface area contributed by atoms with Gasteiger partial charge in [0.25, 0.3) is 0 Å². The molecule has 5 rings (SSSR count). The number of rotatable bonds is 4. The van der Waals surface area contributed by atoms with E-state index in [0.717, 1.165) is 27.5 Å². The number of fused-ring (bicyclic) bond motifs is 2. The number of nitrogen functional groups attached to an aromatic ring is 1. The van der Waals surface area contributed by atoms with E-state index >= 15 is 0 Å². The normalized spacial score (nSPS) is 14.3. The molecule has 152 valence electrons. The Balaban J connectivity index is 1.65. The molecule has 2 N–H and O–H groups in total. The third-order valence-electron chi connectivity index (χ3n) is 5.59. The van der Waals surface area contributed by atoms with Gasteiger partial charge in [-0.1, -0.05) is 6.58 Å². The van der Waals surface area contributed by atoms with Gasteiger partial charge in [0.1, 0.15) is 23.6 Å². The minimum absolute atomic E-state index is 0.0724. The summed E-state index contributed by atoms with van der Waals surface area (Å²) in [6, 6.07) is 6.07. The van der Waals surface area contributed by atoms with Crippen molar-refractivity contribution in [2.45, 2.75) is 13.0 Å². The zero-order valence-electron chi connectivity index (χ0n) is 16.8. The van der Waals surface area contributed by atoms with E-state index in [1.807, 2.05) is 29.8 Å². The number of aryl methyl sites for hydroxylation is 1. The Bertz CT molecular complexity index is 1310. The zero-order chi connectivity index (χ0) is 21.0. The van der Waals surface area contributed by atoms with Crippen molar-refractivity contribution in [3.05, 3.63) is 48.9 Å². The smallest absolute Gasteiger partial charge is 0.246 e. The lowest BCUT2D eigenvalue weighted by Crippen LogP contribution is -2.50. The number of benzene rings is 1. The number of anilines is 1. The molecule has 8 nitrogen and oxygen atoms in total. The molecule has 0 aliphatic carbocycles. The number of carbonyl (C=O) groups is 1. The summed E-state index contributed by atoms with van der Waals surface area (Å²) in [5.74, 6) is 1.66. The van der Waals surface area contributed by atoms with Crippen LogP contribution in [0.25, 0.3) is 33.3 Å². The van der Waals surface area contributed by atoms with E-state index in [0.29, 0.717) is 36.0 Å². The van der Waals surface area contributed by atoms with Crippen molar-refractivity contribution >= 4 is 33.7 Å². The molecule has 1 fully saturated rings. The van der Waals surface area contributed by atoms with Crippen LogP contribution in [0.4, 0.5) is 5.82 Å². The van der Waals surface area contributed by atoms with Gasteiger partial charge in [-0.15, -0.1) is 0 Å². The Morgan fingerprint density at radius 3 is 2.87 bits per heavy atom. The summed E-state index contributed by atoms with van der Waals surface area (Å²) in [6.07, 6.45) is 4.76. The fraction of sp³-hybridized carbons (Fsp3) is 0.227.